The Bertz CT molecular complexity index is 969. The normalized spacial score (nSPS) is 24.1. The Labute approximate surface area is 189 Å². The number of morpholine rings is 1. The number of rotatable bonds is 6. The van der Waals surface area contributed by atoms with Gasteiger partial charge in [-0.05, 0) is 44.6 Å². The van der Waals surface area contributed by atoms with Crippen LogP contribution in [0.2, 0.25) is 0 Å². The molecule has 2 fully saturated rings. The molecule has 4 rings (SSSR count). The van der Waals surface area contributed by atoms with Gasteiger partial charge in [0.15, 0.2) is 0 Å². The van der Waals surface area contributed by atoms with Crippen LogP contribution < -0.4 is 5.32 Å². The number of likely N-dealkylation sites (tertiary alicyclic amines) is 1. The first kappa shape index (κ1) is 22.6. The van der Waals surface area contributed by atoms with Crippen molar-refractivity contribution >= 4 is 22.6 Å². The molecule has 0 aromatic heterocycles. The van der Waals surface area contributed by atoms with E-state index in [4.69, 9.17) is 4.74 Å². The Kier molecular flexibility index (Phi) is 6.96. The Morgan fingerprint density at radius 1 is 1.12 bits per heavy atom. The molecule has 7 heteroatoms. The third-order valence-electron chi connectivity index (χ3n) is 6.39. The first-order valence-electron chi connectivity index (χ1n) is 11.6. The molecule has 2 aromatic carbocycles. The maximum Gasteiger partial charge on any atom is 0.258 e. The van der Waals surface area contributed by atoms with Crippen molar-refractivity contribution in [3.05, 3.63) is 42.0 Å². The molecule has 0 spiro atoms. The summed E-state index contributed by atoms with van der Waals surface area (Å²) in [6.45, 7) is 8.02. The number of hydrogen-bond acceptors (Lipinski definition) is 5. The molecule has 172 valence electrons. The Morgan fingerprint density at radius 3 is 2.66 bits per heavy atom. The number of fused-ring (bicyclic) bond motifs is 1. The van der Waals surface area contributed by atoms with Gasteiger partial charge in [0.05, 0.1) is 17.8 Å². The van der Waals surface area contributed by atoms with E-state index in [0.717, 1.165) is 37.9 Å². The van der Waals surface area contributed by atoms with Crippen LogP contribution in [0.15, 0.2) is 36.4 Å². The van der Waals surface area contributed by atoms with E-state index in [2.05, 4.69) is 24.1 Å². The number of amides is 2. The molecule has 0 unspecified atom stereocenters. The van der Waals surface area contributed by atoms with Crippen LogP contribution in [-0.4, -0.2) is 77.7 Å². The fourth-order valence-electron chi connectivity index (χ4n) is 4.96. The minimum atomic E-state index is -0.489. The molecule has 0 radical (unpaired) electrons. The summed E-state index contributed by atoms with van der Waals surface area (Å²) in [7, 11) is 0. The standard InChI is InChI=1S/C25H33N3O4/c1-17-15-27(16-18(2)32-17)13-6-12-26-24(30)22-9-5-14-28(22)25(31)21-11-10-19-7-3-4-8-20(19)23(21)29/h3-4,7-8,10-11,17-18,22,29H,5-6,9,12-16H2,1-2H3,(H,26,30)/t17-,18+,22-/m0/s1. The van der Waals surface area contributed by atoms with Crippen molar-refractivity contribution < 1.29 is 19.4 Å². The topological polar surface area (TPSA) is 82.1 Å². The number of carbonyl (C=O) groups excluding carboxylic acids is 2. The second kappa shape index (κ2) is 9.88. The van der Waals surface area contributed by atoms with Gasteiger partial charge in [0.25, 0.3) is 5.91 Å². The molecule has 2 aliphatic rings. The third-order valence-corrected chi connectivity index (χ3v) is 6.39. The molecule has 0 bridgehead atoms. The summed E-state index contributed by atoms with van der Waals surface area (Å²) in [5.74, 6) is -0.421. The van der Waals surface area contributed by atoms with Gasteiger partial charge in [0, 0.05) is 38.1 Å². The molecule has 2 N–H and O–H groups in total. The van der Waals surface area contributed by atoms with Gasteiger partial charge in [0.1, 0.15) is 11.8 Å². The minimum absolute atomic E-state index is 0.0203. The number of phenolic OH excluding ortho intramolecular Hbond substituents is 1. The lowest BCUT2D eigenvalue weighted by molar-refractivity contribution is -0.124. The van der Waals surface area contributed by atoms with Gasteiger partial charge in [0.2, 0.25) is 5.91 Å². The number of nitrogens with zero attached hydrogens (tertiary/aromatic N) is 2. The lowest BCUT2D eigenvalue weighted by Crippen LogP contribution is -2.47. The predicted molar refractivity (Wildman–Crippen MR) is 124 cm³/mol. The summed E-state index contributed by atoms with van der Waals surface area (Å²) in [5, 5.41) is 15.2. The zero-order valence-electron chi connectivity index (χ0n) is 18.9. The molecule has 32 heavy (non-hydrogen) atoms. The highest BCUT2D eigenvalue weighted by Crippen LogP contribution is 2.31. The van der Waals surface area contributed by atoms with E-state index in [1.54, 1.807) is 17.0 Å². The molecule has 2 amide bonds. The molecular formula is C25H33N3O4. The van der Waals surface area contributed by atoms with E-state index in [1.165, 1.54) is 0 Å². The highest BCUT2D eigenvalue weighted by molar-refractivity contribution is 6.05. The quantitative estimate of drug-likeness (QED) is 0.677. The molecule has 2 aromatic rings. The van der Waals surface area contributed by atoms with Crippen molar-refractivity contribution in [1.82, 2.24) is 15.1 Å². The SMILES string of the molecule is C[C@@H]1CN(CCCNC(=O)[C@@H]2CCCN2C(=O)c2ccc3ccccc3c2O)C[C@H](C)O1. The average molecular weight is 440 g/mol. The van der Waals surface area contributed by atoms with Crippen LogP contribution in [0, 0.1) is 0 Å². The van der Waals surface area contributed by atoms with E-state index in [1.807, 2.05) is 24.3 Å². The first-order valence-corrected chi connectivity index (χ1v) is 11.6. The molecule has 2 heterocycles. The predicted octanol–water partition coefficient (Wildman–Crippen LogP) is 2.77. The highest BCUT2D eigenvalue weighted by Gasteiger charge is 2.35. The maximum atomic E-state index is 13.2. The number of carbonyl (C=O) groups is 2. The van der Waals surface area contributed by atoms with Gasteiger partial charge < -0.3 is 20.1 Å². The van der Waals surface area contributed by atoms with Gasteiger partial charge in [-0.2, -0.15) is 0 Å². The molecule has 2 aliphatic heterocycles. The lowest BCUT2D eigenvalue weighted by atomic mass is 10.0. The highest BCUT2D eigenvalue weighted by atomic mass is 16.5. The van der Waals surface area contributed by atoms with E-state index < -0.39 is 6.04 Å². The first-order chi connectivity index (χ1) is 15.4. The second-order valence-electron chi connectivity index (χ2n) is 9.00. The number of ether oxygens (including phenoxy) is 1. The Morgan fingerprint density at radius 2 is 1.88 bits per heavy atom. The van der Waals surface area contributed by atoms with E-state index >= 15 is 0 Å². The molecule has 2 saturated heterocycles. The van der Waals surface area contributed by atoms with Crippen molar-refractivity contribution in [1.29, 1.82) is 0 Å². The van der Waals surface area contributed by atoms with Gasteiger partial charge in [-0.25, -0.2) is 0 Å². The van der Waals surface area contributed by atoms with Crippen LogP contribution in [0.3, 0.4) is 0 Å². The fourth-order valence-corrected chi connectivity index (χ4v) is 4.96. The molecule has 3 atom stereocenters. The van der Waals surface area contributed by atoms with Gasteiger partial charge in [-0.15, -0.1) is 0 Å². The van der Waals surface area contributed by atoms with Crippen molar-refractivity contribution in [3.63, 3.8) is 0 Å². The van der Waals surface area contributed by atoms with Crippen molar-refractivity contribution in [2.75, 3.05) is 32.7 Å². The summed E-state index contributed by atoms with van der Waals surface area (Å²) in [5.41, 5.74) is 0.249. The summed E-state index contributed by atoms with van der Waals surface area (Å²) in [6, 6.07) is 10.4. The number of benzene rings is 2. The third kappa shape index (κ3) is 4.89. The minimum Gasteiger partial charge on any atom is -0.506 e. The number of aromatic hydroxyl groups is 1. The summed E-state index contributed by atoms with van der Waals surface area (Å²) < 4.78 is 5.76. The van der Waals surface area contributed by atoms with Crippen LogP contribution in [0.5, 0.6) is 5.75 Å². The zero-order chi connectivity index (χ0) is 22.7. The smallest absolute Gasteiger partial charge is 0.258 e. The Balaban J connectivity index is 1.33. The van der Waals surface area contributed by atoms with Crippen LogP contribution in [0.4, 0.5) is 0 Å². The molecular weight excluding hydrogens is 406 g/mol. The van der Waals surface area contributed by atoms with E-state index in [-0.39, 0.29) is 35.3 Å². The monoisotopic (exact) mass is 439 g/mol. The molecule has 0 aliphatic carbocycles. The molecule has 0 saturated carbocycles. The summed E-state index contributed by atoms with van der Waals surface area (Å²) in [4.78, 5) is 30.0. The number of hydrogen-bond donors (Lipinski definition) is 2. The Hall–Kier alpha value is -2.64. The van der Waals surface area contributed by atoms with Crippen molar-refractivity contribution in [3.8, 4) is 5.75 Å². The summed E-state index contributed by atoms with van der Waals surface area (Å²) >= 11 is 0. The van der Waals surface area contributed by atoms with E-state index in [9.17, 15) is 14.7 Å². The van der Waals surface area contributed by atoms with Crippen molar-refractivity contribution in [2.24, 2.45) is 0 Å². The van der Waals surface area contributed by atoms with Crippen LogP contribution >= 0.6 is 0 Å². The maximum absolute atomic E-state index is 13.2. The largest absolute Gasteiger partial charge is 0.506 e. The van der Waals surface area contributed by atoms with Gasteiger partial charge in [-0.3, -0.25) is 14.5 Å². The number of phenols is 1. The number of nitrogens with one attached hydrogen (secondary N) is 1. The van der Waals surface area contributed by atoms with Crippen LogP contribution in [0.1, 0.15) is 43.5 Å². The zero-order valence-corrected chi connectivity index (χ0v) is 18.9. The van der Waals surface area contributed by atoms with Crippen molar-refractivity contribution in [2.45, 2.75) is 51.4 Å². The molecule has 7 nitrogen and oxygen atoms in total. The van der Waals surface area contributed by atoms with Gasteiger partial charge >= 0.3 is 0 Å². The van der Waals surface area contributed by atoms with Crippen LogP contribution in [-0.2, 0) is 9.53 Å². The van der Waals surface area contributed by atoms with Crippen LogP contribution in [0.25, 0.3) is 10.8 Å². The van der Waals surface area contributed by atoms with Gasteiger partial charge in [-0.1, -0.05) is 30.3 Å². The lowest BCUT2D eigenvalue weighted by Gasteiger charge is -2.35. The van der Waals surface area contributed by atoms with E-state index in [0.29, 0.717) is 24.9 Å². The average Bonchev–Trinajstić information content (AvgIpc) is 3.26. The second-order valence-corrected chi connectivity index (χ2v) is 9.00. The summed E-state index contributed by atoms with van der Waals surface area (Å²) in [6.07, 6.45) is 2.75. The fraction of sp³-hybridized carbons (Fsp3) is 0.520.